The summed E-state index contributed by atoms with van der Waals surface area (Å²) in [6.07, 6.45) is 3.04. The summed E-state index contributed by atoms with van der Waals surface area (Å²) >= 11 is 6.99. The van der Waals surface area contributed by atoms with Gasteiger partial charge >= 0.3 is 5.97 Å². The molecule has 0 unspecified atom stereocenters. The summed E-state index contributed by atoms with van der Waals surface area (Å²) < 4.78 is 17.0. The number of carbonyl (C=O) groups is 3. The number of carboxylic acids is 1. The molecule has 0 amide bonds. The van der Waals surface area contributed by atoms with Gasteiger partial charge in [-0.05, 0) is 83.8 Å². The molecule has 15 heteroatoms. The first-order valence-corrected chi connectivity index (χ1v) is 21.6. The third-order valence-corrected chi connectivity index (χ3v) is 11.4. The number of hydrogen-bond donors (Lipinski definition) is 2. The van der Waals surface area contributed by atoms with Crippen LogP contribution in [0.25, 0.3) is 45.7 Å². The first-order valence-electron chi connectivity index (χ1n) is 20.0. The number of carbonyl (C=O) groups excluding carboxylic acids is 2. The number of carboxylic acid groups (broad SMARTS) is 1. The summed E-state index contributed by atoms with van der Waals surface area (Å²) in [5.74, 6) is 2.29. The van der Waals surface area contributed by atoms with Crippen LogP contribution in [0.5, 0.6) is 0 Å². The Bertz CT molecular complexity index is 2390. The minimum atomic E-state index is -0.719. The Morgan fingerprint density at radius 2 is 1.26 bits per heavy atom. The summed E-state index contributed by atoms with van der Waals surface area (Å²) in [7, 11) is 0. The fraction of sp³-hybridized carbons (Fsp3) is 0.326. The molecule has 4 heterocycles. The van der Waals surface area contributed by atoms with Crippen molar-refractivity contribution in [3.63, 3.8) is 0 Å². The lowest BCUT2D eigenvalue weighted by Gasteiger charge is -2.36. The second-order valence-electron chi connectivity index (χ2n) is 15.8. The van der Waals surface area contributed by atoms with Gasteiger partial charge in [-0.25, -0.2) is 0 Å². The van der Waals surface area contributed by atoms with Gasteiger partial charge in [0.2, 0.25) is 11.6 Å². The topological polar surface area (TPSA) is 174 Å². The molecule has 0 saturated carbocycles. The molecule has 0 bridgehead atoms. The molecule has 13 nitrogen and oxygen atoms in total. The molecule has 8 rings (SSSR count). The first kappa shape index (κ1) is 45.2. The Hall–Kier alpha value is -5.35. The van der Waals surface area contributed by atoms with Gasteiger partial charge in [-0.2, -0.15) is 9.97 Å². The number of ether oxygens (including phenoxy) is 1. The van der Waals surface area contributed by atoms with E-state index in [0.29, 0.717) is 71.4 Å². The van der Waals surface area contributed by atoms with Gasteiger partial charge in [0, 0.05) is 69.5 Å². The Kier molecular flexibility index (Phi) is 15.9. The van der Waals surface area contributed by atoms with Crippen molar-refractivity contribution < 1.29 is 33.3 Å². The molecule has 0 aliphatic carbocycles. The van der Waals surface area contributed by atoms with E-state index in [2.05, 4.69) is 119 Å². The van der Waals surface area contributed by atoms with E-state index in [-0.39, 0.29) is 12.0 Å². The third-order valence-electron chi connectivity index (χ3n) is 9.93. The Morgan fingerprint density at radius 3 is 1.66 bits per heavy atom. The van der Waals surface area contributed by atoms with E-state index in [4.69, 9.17) is 14.2 Å². The molecule has 2 aliphatic heterocycles. The second kappa shape index (κ2) is 21.4. The molecule has 2 fully saturated rings. The van der Waals surface area contributed by atoms with Crippen molar-refractivity contribution in [2.24, 2.45) is 17.8 Å². The van der Waals surface area contributed by atoms with Crippen LogP contribution in [0, 0.1) is 17.8 Å². The van der Waals surface area contributed by atoms with Gasteiger partial charge in [0.15, 0.2) is 6.29 Å². The van der Waals surface area contributed by atoms with Crippen molar-refractivity contribution in [2.45, 2.75) is 53.2 Å². The number of aliphatic carboxylic acids is 1. The number of rotatable bonds is 14. The lowest BCUT2D eigenvalue weighted by atomic mass is 9.99. The normalized spacial score (nSPS) is 14.0. The van der Waals surface area contributed by atoms with Gasteiger partial charge < -0.3 is 24.2 Å². The molecule has 318 valence electrons. The number of hydrogen-bond acceptors (Lipinski definition) is 12. The maximum Gasteiger partial charge on any atom is 0.309 e. The minimum absolute atomic E-state index is 0.150. The van der Waals surface area contributed by atoms with Crippen molar-refractivity contribution >= 4 is 50.6 Å². The number of likely N-dealkylation sites (tertiary alicyclic amines) is 1. The van der Waals surface area contributed by atoms with Crippen LogP contribution < -0.4 is 5.32 Å². The van der Waals surface area contributed by atoms with Crippen LogP contribution in [0.15, 0.2) is 103 Å². The number of benzene rings is 4. The zero-order valence-corrected chi connectivity index (χ0v) is 37.6. The average Bonchev–Trinajstić information content (AvgIpc) is 3.90. The first-order chi connectivity index (χ1) is 29.4. The van der Waals surface area contributed by atoms with Gasteiger partial charge in [0.25, 0.3) is 18.3 Å². The highest BCUT2D eigenvalue weighted by Gasteiger charge is 2.32. The third kappa shape index (κ3) is 12.6. The number of nitrogens with zero attached hydrogens (tertiary/aromatic N) is 5. The predicted octanol–water partition coefficient (Wildman–Crippen LogP) is 9.19. The Morgan fingerprint density at radius 1 is 0.770 bits per heavy atom. The van der Waals surface area contributed by atoms with Gasteiger partial charge in [-0.1, -0.05) is 112 Å². The van der Waals surface area contributed by atoms with E-state index in [1.54, 1.807) is 12.1 Å². The maximum atomic E-state index is 11.0. The van der Waals surface area contributed by atoms with Crippen LogP contribution in [-0.4, -0.2) is 81.3 Å². The van der Waals surface area contributed by atoms with Gasteiger partial charge in [0.05, 0.1) is 5.92 Å². The van der Waals surface area contributed by atoms with E-state index in [0.717, 1.165) is 64.5 Å². The maximum absolute atomic E-state index is 11.0. The van der Waals surface area contributed by atoms with E-state index in [9.17, 15) is 14.4 Å². The molecule has 2 aliphatic rings. The summed E-state index contributed by atoms with van der Waals surface area (Å²) in [5, 5.41) is 20.1. The smallest absolute Gasteiger partial charge is 0.309 e. The highest BCUT2D eigenvalue weighted by molar-refractivity contribution is 9.10. The van der Waals surface area contributed by atoms with Crippen molar-refractivity contribution in [3.05, 3.63) is 116 Å². The van der Waals surface area contributed by atoms with Crippen molar-refractivity contribution in [2.75, 3.05) is 26.2 Å². The lowest BCUT2D eigenvalue weighted by molar-refractivity contribution is -0.147. The van der Waals surface area contributed by atoms with Gasteiger partial charge in [-0.3, -0.25) is 19.3 Å². The van der Waals surface area contributed by atoms with Crippen molar-refractivity contribution in [1.29, 1.82) is 0 Å². The molecule has 0 atom stereocenters. The number of aldehydes is 1. The quantitative estimate of drug-likeness (QED) is 0.0991. The Labute approximate surface area is 371 Å². The zero-order chi connectivity index (χ0) is 43.5. The van der Waals surface area contributed by atoms with Crippen molar-refractivity contribution in [3.8, 4) is 45.7 Å². The summed E-state index contributed by atoms with van der Waals surface area (Å²) in [6, 6.07) is 27.7. The van der Waals surface area contributed by atoms with Crippen LogP contribution in [0.4, 0.5) is 0 Å². The number of halogens is 2. The number of aromatic nitrogens is 4. The average molecular weight is 957 g/mol. The molecule has 0 radical (unpaired) electrons. The molecule has 2 saturated heterocycles. The van der Waals surface area contributed by atoms with E-state index >= 15 is 0 Å². The molecule has 2 aromatic heterocycles. The van der Waals surface area contributed by atoms with Crippen molar-refractivity contribution in [1.82, 2.24) is 30.5 Å². The monoisotopic (exact) mass is 954 g/mol. The largest absolute Gasteiger partial charge is 0.481 e. The molecule has 4 aromatic carbocycles. The predicted molar refractivity (Wildman–Crippen MR) is 238 cm³/mol. The van der Waals surface area contributed by atoms with E-state index in [1.165, 1.54) is 11.1 Å². The molecular formula is C46H48Br2N6O7. The fourth-order valence-corrected chi connectivity index (χ4v) is 7.51. The van der Waals surface area contributed by atoms with Crippen LogP contribution in [-0.2, 0) is 33.7 Å². The second-order valence-corrected chi connectivity index (χ2v) is 17.5. The van der Waals surface area contributed by atoms with E-state index in [1.807, 2.05) is 48.5 Å². The molecule has 6 aromatic rings. The van der Waals surface area contributed by atoms with E-state index < -0.39 is 5.97 Å². The van der Waals surface area contributed by atoms with Crippen LogP contribution in [0.2, 0.25) is 0 Å². The SMILES string of the molecule is CC(C)Cc1ccc(-c2nc(-c3ccc(C=O)c(Br)c3)no2)cc1.CC(C)Cc1ccc(-c2nc(-c3ccc(CN4CC(C(=O)O)C4)c(Br)c3)no2)cc1.O=COC1CNC1. The van der Waals surface area contributed by atoms with Crippen LogP contribution >= 0.6 is 31.9 Å². The summed E-state index contributed by atoms with van der Waals surface area (Å²) in [5.41, 5.74) is 7.73. The summed E-state index contributed by atoms with van der Waals surface area (Å²) in [4.78, 5) is 42.5. The lowest BCUT2D eigenvalue weighted by Crippen LogP contribution is -2.49. The Balaban J connectivity index is 0.000000179. The molecular weight excluding hydrogens is 908 g/mol. The fourth-order valence-electron chi connectivity index (χ4n) is 6.54. The van der Waals surface area contributed by atoms with Crippen LogP contribution in [0.1, 0.15) is 54.7 Å². The highest BCUT2D eigenvalue weighted by Crippen LogP contribution is 2.30. The molecule has 2 N–H and O–H groups in total. The van der Waals surface area contributed by atoms with Crippen LogP contribution in [0.3, 0.4) is 0 Å². The zero-order valence-electron chi connectivity index (χ0n) is 34.4. The highest BCUT2D eigenvalue weighted by atomic mass is 79.9. The number of nitrogens with one attached hydrogen (secondary N) is 1. The standard InChI is InChI=1S/C23H24BrN3O3.C19H17BrN2O2.C4H7NO2/c1-14(2)9-15-3-5-16(6-4-15)22-25-21(26-30-22)17-7-8-18(20(24)10-17)11-27-12-19(13-27)23(28)29;1-12(2)9-13-3-5-14(6-4-13)19-21-18(22-24-19)15-7-8-16(11-23)17(20)10-15;6-3-7-4-1-5-2-4/h3-8,10,14,19H,9,11-13H2,1-2H3,(H,28,29);3-8,10-12H,9H2,1-2H3;3-5H,1-2H2. The van der Waals surface area contributed by atoms with Gasteiger partial charge in [-0.15, -0.1) is 0 Å². The minimum Gasteiger partial charge on any atom is -0.481 e. The molecule has 61 heavy (non-hydrogen) atoms. The molecule has 0 spiro atoms. The summed E-state index contributed by atoms with van der Waals surface area (Å²) in [6.45, 7) is 12.8. The van der Waals surface area contributed by atoms with Gasteiger partial charge in [0.1, 0.15) is 6.10 Å².